The zero-order valence-corrected chi connectivity index (χ0v) is 11.5. The number of benzene rings is 1. The van der Waals surface area contributed by atoms with Crippen LogP contribution in [-0.4, -0.2) is 23.3 Å². The molecule has 1 rings (SSSR count). The van der Waals surface area contributed by atoms with Crippen molar-refractivity contribution in [3.63, 3.8) is 0 Å². The summed E-state index contributed by atoms with van der Waals surface area (Å²) in [5, 5.41) is 2.81. The number of carbonyl (C=O) groups excluding carboxylic acids is 2. The molecule has 0 saturated heterocycles. The smallest absolute Gasteiger partial charge is 0.227 e. The summed E-state index contributed by atoms with van der Waals surface area (Å²) >= 11 is 1.33. The highest BCUT2D eigenvalue weighted by Crippen LogP contribution is 2.13. The standard InChI is InChI=1S/C13H17FN2O2S/c1-9(10-2-4-11(14)5-3-10)16-13(18)6-7-19-8-12(15)17/h2-5,9H,6-8H2,1H3,(H2,15,17)(H,16,18). The lowest BCUT2D eigenvalue weighted by molar-refractivity contribution is -0.121. The number of primary amides is 1. The maximum atomic E-state index is 12.8. The lowest BCUT2D eigenvalue weighted by Gasteiger charge is -2.14. The van der Waals surface area contributed by atoms with Crippen LogP contribution in [0.15, 0.2) is 24.3 Å². The SMILES string of the molecule is CC(NC(=O)CCSCC(N)=O)c1ccc(F)cc1. The summed E-state index contributed by atoms with van der Waals surface area (Å²) in [7, 11) is 0. The van der Waals surface area contributed by atoms with Crippen LogP contribution < -0.4 is 11.1 Å². The minimum atomic E-state index is -0.384. The minimum Gasteiger partial charge on any atom is -0.369 e. The highest BCUT2D eigenvalue weighted by Gasteiger charge is 2.09. The predicted octanol–water partition coefficient (Wildman–Crippen LogP) is 1.61. The molecule has 0 saturated carbocycles. The van der Waals surface area contributed by atoms with Crippen LogP contribution in [-0.2, 0) is 9.59 Å². The van der Waals surface area contributed by atoms with Crippen molar-refractivity contribution >= 4 is 23.6 Å². The van der Waals surface area contributed by atoms with Crippen molar-refractivity contribution in [3.05, 3.63) is 35.6 Å². The van der Waals surface area contributed by atoms with Gasteiger partial charge in [-0.15, -0.1) is 0 Å². The molecule has 2 amide bonds. The molecular weight excluding hydrogens is 267 g/mol. The maximum absolute atomic E-state index is 12.8. The molecule has 0 bridgehead atoms. The summed E-state index contributed by atoms with van der Waals surface area (Å²) in [5.74, 6) is -0.0184. The largest absolute Gasteiger partial charge is 0.369 e. The zero-order chi connectivity index (χ0) is 14.3. The molecule has 0 spiro atoms. The van der Waals surface area contributed by atoms with Crippen LogP contribution in [0.1, 0.15) is 24.9 Å². The van der Waals surface area contributed by atoms with Crippen molar-refractivity contribution in [2.45, 2.75) is 19.4 Å². The first-order valence-electron chi connectivity index (χ1n) is 5.90. The first-order chi connectivity index (χ1) is 8.99. The topological polar surface area (TPSA) is 72.2 Å². The molecule has 0 aliphatic rings. The van der Waals surface area contributed by atoms with Gasteiger partial charge in [0, 0.05) is 12.2 Å². The van der Waals surface area contributed by atoms with E-state index in [9.17, 15) is 14.0 Å². The first-order valence-corrected chi connectivity index (χ1v) is 7.05. The monoisotopic (exact) mass is 284 g/mol. The van der Waals surface area contributed by atoms with E-state index < -0.39 is 0 Å². The summed E-state index contributed by atoms with van der Waals surface area (Å²) < 4.78 is 12.8. The molecule has 0 radical (unpaired) electrons. The first kappa shape index (κ1) is 15.5. The Kier molecular flexibility index (Phi) is 6.35. The molecule has 1 aromatic carbocycles. The third-order valence-corrected chi connectivity index (χ3v) is 3.45. The van der Waals surface area contributed by atoms with Gasteiger partial charge in [-0.2, -0.15) is 11.8 Å². The number of amides is 2. The van der Waals surface area contributed by atoms with E-state index in [-0.39, 0.29) is 29.4 Å². The second-order valence-corrected chi connectivity index (χ2v) is 5.21. The van der Waals surface area contributed by atoms with Crippen LogP contribution in [0.2, 0.25) is 0 Å². The second-order valence-electron chi connectivity index (χ2n) is 4.11. The van der Waals surface area contributed by atoms with E-state index in [1.165, 1.54) is 23.9 Å². The Morgan fingerprint density at radius 3 is 2.58 bits per heavy atom. The van der Waals surface area contributed by atoms with Gasteiger partial charge in [0.05, 0.1) is 11.8 Å². The Morgan fingerprint density at radius 1 is 1.37 bits per heavy atom. The molecule has 104 valence electrons. The van der Waals surface area contributed by atoms with Gasteiger partial charge >= 0.3 is 0 Å². The molecule has 3 N–H and O–H groups in total. The average Bonchev–Trinajstić information content (AvgIpc) is 2.35. The summed E-state index contributed by atoms with van der Waals surface area (Å²) in [6.07, 6.45) is 0.323. The minimum absolute atomic E-state index is 0.103. The van der Waals surface area contributed by atoms with E-state index in [1.54, 1.807) is 12.1 Å². The normalized spacial score (nSPS) is 11.9. The molecule has 0 aromatic heterocycles. The van der Waals surface area contributed by atoms with Gasteiger partial charge in [0.1, 0.15) is 5.82 Å². The highest BCUT2D eigenvalue weighted by molar-refractivity contribution is 7.99. The van der Waals surface area contributed by atoms with E-state index in [1.807, 2.05) is 6.92 Å². The second kappa shape index (κ2) is 7.78. The third kappa shape index (κ3) is 6.24. The Bertz CT molecular complexity index is 437. The van der Waals surface area contributed by atoms with Crippen LogP contribution in [0.4, 0.5) is 4.39 Å². The van der Waals surface area contributed by atoms with Crippen LogP contribution in [0.5, 0.6) is 0 Å². The quantitative estimate of drug-likeness (QED) is 0.747. The van der Waals surface area contributed by atoms with Crippen LogP contribution in [0, 0.1) is 5.82 Å². The van der Waals surface area contributed by atoms with Gasteiger partial charge in [-0.25, -0.2) is 4.39 Å². The van der Waals surface area contributed by atoms with Gasteiger partial charge in [-0.05, 0) is 24.6 Å². The van der Waals surface area contributed by atoms with Gasteiger partial charge in [-0.1, -0.05) is 12.1 Å². The molecule has 0 aliphatic carbocycles. The number of hydrogen-bond acceptors (Lipinski definition) is 3. The van der Waals surface area contributed by atoms with E-state index in [2.05, 4.69) is 5.32 Å². The van der Waals surface area contributed by atoms with Gasteiger partial charge in [0.2, 0.25) is 11.8 Å². The lowest BCUT2D eigenvalue weighted by Crippen LogP contribution is -2.27. The summed E-state index contributed by atoms with van der Waals surface area (Å²) in [5.41, 5.74) is 5.83. The van der Waals surface area contributed by atoms with E-state index in [0.717, 1.165) is 5.56 Å². The molecule has 1 atom stereocenters. The Hall–Kier alpha value is -1.56. The number of nitrogens with two attached hydrogens (primary N) is 1. The van der Waals surface area contributed by atoms with Crippen molar-refractivity contribution in [2.24, 2.45) is 5.73 Å². The predicted molar refractivity (Wildman–Crippen MR) is 74.1 cm³/mol. The molecular formula is C13H17FN2O2S. The van der Waals surface area contributed by atoms with Gasteiger partial charge in [0.15, 0.2) is 0 Å². The molecule has 0 fully saturated rings. The number of carbonyl (C=O) groups is 2. The van der Waals surface area contributed by atoms with E-state index in [0.29, 0.717) is 12.2 Å². The molecule has 4 nitrogen and oxygen atoms in total. The maximum Gasteiger partial charge on any atom is 0.227 e. The molecule has 1 aromatic rings. The Morgan fingerprint density at radius 2 is 2.00 bits per heavy atom. The van der Waals surface area contributed by atoms with Gasteiger partial charge in [-0.3, -0.25) is 9.59 Å². The van der Waals surface area contributed by atoms with Gasteiger partial charge < -0.3 is 11.1 Å². The average molecular weight is 284 g/mol. The number of halogens is 1. The summed E-state index contributed by atoms with van der Waals surface area (Å²) in [4.78, 5) is 22.1. The van der Waals surface area contributed by atoms with Crippen molar-refractivity contribution in [3.8, 4) is 0 Å². The van der Waals surface area contributed by atoms with Crippen LogP contribution in [0.3, 0.4) is 0 Å². The fourth-order valence-corrected chi connectivity index (χ4v) is 2.16. The van der Waals surface area contributed by atoms with Crippen molar-refractivity contribution in [2.75, 3.05) is 11.5 Å². The number of nitrogens with one attached hydrogen (secondary N) is 1. The lowest BCUT2D eigenvalue weighted by atomic mass is 10.1. The van der Waals surface area contributed by atoms with Crippen LogP contribution >= 0.6 is 11.8 Å². The Balaban J connectivity index is 2.31. The molecule has 1 unspecified atom stereocenters. The zero-order valence-electron chi connectivity index (χ0n) is 10.7. The van der Waals surface area contributed by atoms with Crippen molar-refractivity contribution in [1.82, 2.24) is 5.32 Å². The summed E-state index contributed by atoms with van der Waals surface area (Å²) in [6, 6.07) is 5.83. The molecule has 6 heteroatoms. The number of hydrogen-bond donors (Lipinski definition) is 2. The third-order valence-electron chi connectivity index (χ3n) is 2.47. The molecule has 19 heavy (non-hydrogen) atoms. The highest BCUT2D eigenvalue weighted by atomic mass is 32.2. The van der Waals surface area contributed by atoms with Crippen LogP contribution in [0.25, 0.3) is 0 Å². The van der Waals surface area contributed by atoms with E-state index in [4.69, 9.17) is 5.73 Å². The fourth-order valence-electron chi connectivity index (χ4n) is 1.49. The molecule has 0 heterocycles. The summed E-state index contributed by atoms with van der Waals surface area (Å²) in [6.45, 7) is 1.84. The number of rotatable bonds is 7. The Labute approximate surface area is 115 Å². The van der Waals surface area contributed by atoms with Gasteiger partial charge in [0.25, 0.3) is 0 Å². The van der Waals surface area contributed by atoms with E-state index >= 15 is 0 Å². The van der Waals surface area contributed by atoms with Crippen molar-refractivity contribution < 1.29 is 14.0 Å². The fraction of sp³-hybridized carbons (Fsp3) is 0.385. The number of thioether (sulfide) groups is 1. The van der Waals surface area contributed by atoms with Crippen molar-refractivity contribution in [1.29, 1.82) is 0 Å². The molecule has 0 aliphatic heterocycles.